The van der Waals surface area contributed by atoms with Gasteiger partial charge in [0.25, 0.3) is 0 Å². The van der Waals surface area contributed by atoms with Crippen LogP contribution in [0.2, 0.25) is 0 Å². The van der Waals surface area contributed by atoms with E-state index in [9.17, 15) is 8.42 Å². The molecule has 0 N–H and O–H groups in total. The molecular formula is C12H12O3S. The van der Waals surface area contributed by atoms with Crippen molar-refractivity contribution >= 4 is 14.7 Å². The fourth-order valence-corrected chi connectivity index (χ4v) is 2.89. The Morgan fingerprint density at radius 1 is 1.19 bits per heavy atom. The molecule has 1 aliphatic heterocycles. The summed E-state index contributed by atoms with van der Waals surface area (Å²) in [5.74, 6) is 0.716. The van der Waals surface area contributed by atoms with Gasteiger partial charge in [-0.05, 0) is 36.2 Å². The standard InChI is InChI=1S/C12H12O3S/c1-15-11-7-5-10(6-8-11)12-4-2-3-9-16(12,13)14/h3-9H,2H2,1H3. The van der Waals surface area contributed by atoms with Gasteiger partial charge in [-0.1, -0.05) is 12.2 Å². The van der Waals surface area contributed by atoms with E-state index in [1.165, 1.54) is 5.41 Å². The lowest BCUT2D eigenvalue weighted by Crippen LogP contribution is -2.02. The average Bonchev–Trinajstić information content (AvgIpc) is 2.29. The summed E-state index contributed by atoms with van der Waals surface area (Å²) >= 11 is 0. The van der Waals surface area contributed by atoms with E-state index in [1.807, 2.05) is 0 Å². The van der Waals surface area contributed by atoms with Gasteiger partial charge in [0.05, 0.1) is 12.0 Å². The molecule has 0 fully saturated rings. The maximum Gasteiger partial charge on any atom is 0.199 e. The van der Waals surface area contributed by atoms with Crippen molar-refractivity contribution in [3.63, 3.8) is 0 Å². The summed E-state index contributed by atoms with van der Waals surface area (Å²) in [5.41, 5.74) is 0.699. The molecule has 3 nitrogen and oxygen atoms in total. The highest BCUT2D eigenvalue weighted by molar-refractivity contribution is 8.03. The minimum atomic E-state index is -3.26. The van der Waals surface area contributed by atoms with Gasteiger partial charge in [-0.3, -0.25) is 0 Å². The summed E-state index contributed by atoms with van der Waals surface area (Å²) < 4.78 is 28.5. The first-order valence-corrected chi connectivity index (χ1v) is 6.44. The van der Waals surface area contributed by atoms with Crippen LogP contribution in [0.1, 0.15) is 12.0 Å². The fourth-order valence-electron chi connectivity index (χ4n) is 1.58. The van der Waals surface area contributed by atoms with Gasteiger partial charge >= 0.3 is 0 Å². The molecule has 1 aromatic rings. The average molecular weight is 236 g/mol. The normalized spacial score (nSPS) is 17.9. The van der Waals surface area contributed by atoms with E-state index in [-0.39, 0.29) is 0 Å². The minimum absolute atomic E-state index is 0.373. The third-order valence-electron chi connectivity index (χ3n) is 2.40. The maximum atomic E-state index is 11.8. The minimum Gasteiger partial charge on any atom is -0.497 e. The molecule has 0 bridgehead atoms. The maximum absolute atomic E-state index is 11.8. The Hall–Kier alpha value is -1.55. The highest BCUT2D eigenvalue weighted by Crippen LogP contribution is 2.27. The van der Waals surface area contributed by atoms with E-state index in [0.29, 0.717) is 22.6 Å². The lowest BCUT2D eigenvalue weighted by atomic mass is 10.2. The second-order valence-corrected chi connectivity index (χ2v) is 5.25. The van der Waals surface area contributed by atoms with E-state index < -0.39 is 9.84 Å². The summed E-state index contributed by atoms with van der Waals surface area (Å²) in [6.45, 7) is 0. The molecule has 4 heteroatoms. The van der Waals surface area contributed by atoms with Crippen LogP contribution >= 0.6 is 0 Å². The van der Waals surface area contributed by atoms with Crippen molar-refractivity contribution in [2.24, 2.45) is 0 Å². The molecule has 0 saturated heterocycles. The molecule has 1 aromatic carbocycles. The molecule has 2 rings (SSSR count). The van der Waals surface area contributed by atoms with Crippen LogP contribution < -0.4 is 4.74 Å². The van der Waals surface area contributed by atoms with Gasteiger partial charge in [0.2, 0.25) is 0 Å². The van der Waals surface area contributed by atoms with Crippen molar-refractivity contribution in [3.8, 4) is 5.75 Å². The van der Waals surface area contributed by atoms with Crippen LogP contribution in [0, 0.1) is 0 Å². The van der Waals surface area contributed by atoms with Gasteiger partial charge in [0.15, 0.2) is 9.84 Å². The molecule has 0 spiro atoms. The van der Waals surface area contributed by atoms with Crippen molar-refractivity contribution in [1.29, 1.82) is 0 Å². The molecule has 16 heavy (non-hydrogen) atoms. The number of hydrogen-bond acceptors (Lipinski definition) is 3. The zero-order valence-electron chi connectivity index (χ0n) is 8.88. The van der Waals surface area contributed by atoms with Gasteiger partial charge < -0.3 is 4.74 Å². The molecule has 0 atom stereocenters. The van der Waals surface area contributed by atoms with Gasteiger partial charge in [-0.2, -0.15) is 0 Å². The van der Waals surface area contributed by atoms with Gasteiger partial charge in [0.1, 0.15) is 5.75 Å². The molecule has 0 aromatic heterocycles. The fraction of sp³-hybridized carbons (Fsp3) is 0.167. The topological polar surface area (TPSA) is 43.4 Å². The number of hydrogen-bond donors (Lipinski definition) is 0. The Bertz CT molecular complexity index is 536. The zero-order chi connectivity index (χ0) is 11.6. The van der Waals surface area contributed by atoms with E-state index in [2.05, 4.69) is 0 Å². The van der Waals surface area contributed by atoms with Crippen LogP contribution in [0.3, 0.4) is 0 Å². The lowest BCUT2D eigenvalue weighted by molar-refractivity contribution is 0.415. The summed E-state index contributed by atoms with van der Waals surface area (Å²) in [6.07, 6.45) is 4.01. The smallest absolute Gasteiger partial charge is 0.199 e. The van der Waals surface area contributed by atoms with Crippen LogP contribution in [-0.2, 0) is 9.84 Å². The highest BCUT2D eigenvalue weighted by Gasteiger charge is 2.18. The Kier molecular flexibility index (Phi) is 2.83. The Morgan fingerprint density at radius 3 is 2.44 bits per heavy atom. The number of allylic oxidation sites excluding steroid dienone is 2. The Balaban J connectivity index is 2.41. The van der Waals surface area contributed by atoms with Crippen molar-refractivity contribution < 1.29 is 13.2 Å². The van der Waals surface area contributed by atoms with Crippen LogP contribution in [0.5, 0.6) is 5.75 Å². The first-order chi connectivity index (χ1) is 7.63. The molecule has 0 unspecified atom stereocenters. The number of sulfone groups is 1. The first-order valence-electron chi connectivity index (χ1n) is 4.90. The van der Waals surface area contributed by atoms with E-state index in [1.54, 1.807) is 43.5 Å². The molecule has 1 heterocycles. The second kappa shape index (κ2) is 4.14. The third kappa shape index (κ3) is 2.02. The van der Waals surface area contributed by atoms with Crippen molar-refractivity contribution in [1.82, 2.24) is 0 Å². The zero-order valence-corrected chi connectivity index (χ0v) is 9.70. The van der Waals surface area contributed by atoms with Crippen LogP contribution in [0.4, 0.5) is 0 Å². The van der Waals surface area contributed by atoms with Crippen molar-refractivity contribution in [2.75, 3.05) is 7.11 Å². The monoisotopic (exact) mass is 236 g/mol. The largest absolute Gasteiger partial charge is 0.497 e. The molecule has 0 amide bonds. The number of ether oxygens (including phenoxy) is 1. The van der Waals surface area contributed by atoms with Crippen LogP contribution in [0.15, 0.2) is 41.8 Å². The molecule has 0 saturated carbocycles. The summed E-state index contributed by atoms with van der Waals surface area (Å²) in [5, 5.41) is 1.26. The SMILES string of the molecule is COc1ccc(C2=CCC=CS2(=O)=O)cc1. The van der Waals surface area contributed by atoms with Crippen molar-refractivity contribution in [2.45, 2.75) is 6.42 Å². The first kappa shape index (κ1) is 11.0. The number of rotatable bonds is 2. The number of methoxy groups -OCH3 is 1. The number of benzene rings is 1. The molecule has 0 aliphatic carbocycles. The highest BCUT2D eigenvalue weighted by atomic mass is 32.2. The molecule has 0 radical (unpaired) electrons. The van der Waals surface area contributed by atoms with E-state index in [4.69, 9.17) is 4.74 Å². The van der Waals surface area contributed by atoms with Gasteiger partial charge in [0, 0.05) is 5.41 Å². The summed E-state index contributed by atoms with van der Waals surface area (Å²) in [6, 6.07) is 7.01. The molecule has 84 valence electrons. The Labute approximate surface area is 95.0 Å². The summed E-state index contributed by atoms with van der Waals surface area (Å²) in [4.78, 5) is 0.373. The predicted molar refractivity (Wildman–Crippen MR) is 63.6 cm³/mol. The quantitative estimate of drug-likeness (QED) is 0.791. The van der Waals surface area contributed by atoms with Crippen LogP contribution in [-0.4, -0.2) is 15.5 Å². The molecule has 1 aliphatic rings. The van der Waals surface area contributed by atoms with Crippen molar-refractivity contribution in [3.05, 3.63) is 47.4 Å². The van der Waals surface area contributed by atoms with Gasteiger partial charge in [-0.15, -0.1) is 0 Å². The third-order valence-corrected chi connectivity index (χ3v) is 3.96. The lowest BCUT2D eigenvalue weighted by Gasteiger charge is -2.09. The predicted octanol–water partition coefficient (Wildman–Crippen LogP) is 2.37. The van der Waals surface area contributed by atoms with Crippen LogP contribution in [0.25, 0.3) is 4.91 Å². The molecular weight excluding hydrogens is 224 g/mol. The van der Waals surface area contributed by atoms with Gasteiger partial charge in [-0.25, -0.2) is 8.42 Å². The Morgan fingerprint density at radius 2 is 1.88 bits per heavy atom. The second-order valence-electron chi connectivity index (χ2n) is 3.45. The van der Waals surface area contributed by atoms with E-state index >= 15 is 0 Å². The van der Waals surface area contributed by atoms with E-state index in [0.717, 1.165) is 0 Å². The summed E-state index contributed by atoms with van der Waals surface area (Å²) in [7, 11) is -1.68.